The standard InChI is InChI=1S/C13H16N4O2S/c1-9(2)17-11(15-16-12(17)20)14-13(18)19-8-10-6-4-3-5-7-10/h3-7,9H,8H2,1-2H3,(H,16,20)(H,14,15,18). The van der Waals surface area contributed by atoms with E-state index in [9.17, 15) is 4.79 Å². The first kappa shape index (κ1) is 14.3. The second-order valence-electron chi connectivity index (χ2n) is 4.50. The van der Waals surface area contributed by atoms with Crippen molar-refractivity contribution in [3.05, 3.63) is 40.7 Å². The van der Waals surface area contributed by atoms with Crippen LogP contribution in [0.2, 0.25) is 0 Å². The number of amides is 1. The third kappa shape index (κ3) is 3.45. The van der Waals surface area contributed by atoms with Crippen LogP contribution in [-0.4, -0.2) is 20.9 Å². The van der Waals surface area contributed by atoms with Crippen molar-refractivity contribution in [2.75, 3.05) is 5.32 Å². The van der Waals surface area contributed by atoms with Crippen LogP contribution in [0, 0.1) is 4.77 Å². The number of nitrogens with one attached hydrogen (secondary N) is 2. The first-order chi connectivity index (χ1) is 9.58. The van der Waals surface area contributed by atoms with Crippen molar-refractivity contribution in [1.29, 1.82) is 0 Å². The molecule has 0 atom stereocenters. The minimum Gasteiger partial charge on any atom is -0.444 e. The highest BCUT2D eigenvalue weighted by molar-refractivity contribution is 7.71. The predicted molar refractivity (Wildman–Crippen MR) is 78.0 cm³/mol. The lowest BCUT2D eigenvalue weighted by Gasteiger charge is -2.11. The Morgan fingerprint density at radius 1 is 1.45 bits per heavy atom. The highest BCUT2D eigenvalue weighted by atomic mass is 32.1. The molecule has 0 aliphatic heterocycles. The van der Waals surface area contributed by atoms with Crippen LogP contribution >= 0.6 is 12.2 Å². The van der Waals surface area contributed by atoms with E-state index in [2.05, 4.69) is 15.5 Å². The number of benzene rings is 1. The van der Waals surface area contributed by atoms with Crippen LogP contribution in [0.1, 0.15) is 25.5 Å². The molecular formula is C13H16N4O2S. The van der Waals surface area contributed by atoms with E-state index >= 15 is 0 Å². The molecule has 1 amide bonds. The van der Waals surface area contributed by atoms with Crippen LogP contribution in [0.25, 0.3) is 0 Å². The summed E-state index contributed by atoms with van der Waals surface area (Å²) in [5.41, 5.74) is 0.922. The van der Waals surface area contributed by atoms with Crippen LogP contribution in [0.3, 0.4) is 0 Å². The molecule has 1 aromatic heterocycles. The molecular weight excluding hydrogens is 276 g/mol. The summed E-state index contributed by atoms with van der Waals surface area (Å²) in [5, 5.41) is 9.18. The fourth-order valence-corrected chi connectivity index (χ4v) is 2.07. The van der Waals surface area contributed by atoms with Crippen molar-refractivity contribution in [3.8, 4) is 0 Å². The quantitative estimate of drug-likeness (QED) is 0.848. The largest absolute Gasteiger partial charge is 0.444 e. The van der Waals surface area contributed by atoms with Gasteiger partial charge < -0.3 is 4.74 Å². The lowest BCUT2D eigenvalue weighted by atomic mass is 10.2. The van der Waals surface area contributed by atoms with E-state index in [1.54, 1.807) is 4.57 Å². The minimum absolute atomic E-state index is 0.0886. The first-order valence-corrected chi connectivity index (χ1v) is 6.63. The average Bonchev–Trinajstić information content (AvgIpc) is 2.78. The summed E-state index contributed by atoms with van der Waals surface area (Å²) in [6, 6.07) is 9.55. The van der Waals surface area contributed by atoms with E-state index in [1.807, 2.05) is 44.2 Å². The van der Waals surface area contributed by atoms with Crippen molar-refractivity contribution < 1.29 is 9.53 Å². The predicted octanol–water partition coefficient (Wildman–Crippen LogP) is 3.27. The van der Waals surface area contributed by atoms with Gasteiger partial charge in [-0.3, -0.25) is 9.88 Å². The van der Waals surface area contributed by atoms with Crippen LogP contribution < -0.4 is 5.32 Å². The van der Waals surface area contributed by atoms with Gasteiger partial charge in [-0.2, -0.15) is 0 Å². The molecule has 1 heterocycles. The second-order valence-corrected chi connectivity index (χ2v) is 4.89. The van der Waals surface area contributed by atoms with Gasteiger partial charge in [0.05, 0.1) is 0 Å². The van der Waals surface area contributed by atoms with Gasteiger partial charge in [-0.15, -0.1) is 5.10 Å². The van der Waals surface area contributed by atoms with Gasteiger partial charge in [0.2, 0.25) is 5.95 Å². The van der Waals surface area contributed by atoms with Crippen LogP contribution in [0.15, 0.2) is 30.3 Å². The van der Waals surface area contributed by atoms with Crippen molar-refractivity contribution in [2.24, 2.45) is 0 Å². The summed E-state index contributed by atoms with van der Waals surface area (Å²) in [6.45, 7) is 4.11. The number of aromatic amines is 1. The van der Waals surface area contributed by atoms with Gasteiger partial charge in [-0.05, 0) is 31.6 Å². The summed E-state index contributed by atoms with van der Waals surface area (Å²) in [4.78, 5) is 11.7. The van der Waals surface area contributed by atoms with Crippen molar-refractivity contribution in [1.82, 2.24) is 14.8 Å². The molecule has 2 N–H and O–H groups in total. The smallest absolute Gasteiger partial charge is 0.414 e. The summed E-state index contributed by atoms with van der Waals surface area (Å²) in [6.07, 6.45) is -0.565. The number of hydrogen-bond donors (Lipinski definition) is 2. The third-order valence-electron chi connectivity index (χ3n) is 2.65. The maximum absolute atomic E-state index is 11.7. The number of aromatic nitrogens is 3. The zero-order valence-electron chi connectivity index (χ0n) is 11.3. The molecule has 6 nitrogen and oxygen atoms in total. The molecule has 0 saturated carbocycles. The molecule has 0 fully saturated rings. The van der Waals surface area contributed by atoms with Gasteiger partial charge in [0, 0.05) is 6.04 Å². The van der Waals surface area contributed by atoms with Crippen molar-refractivity contribution >= 4 is 24.3 Å². The Bertz CT molecular complexity index is 633. The number of ether oxygens (including phenoxy) is 1. The summed E-state index contributed by atoms with van der Waals surface area (Å²) >= 11 is 5.10. The third-order valence-corrected chi connectivity index (χ3v) is 2.94. The molecule has 0 radical (unpaired) electrons. The molecule has 0 spiro atoms. The summed E-state index contributed by atoms with van der Waals surface area (Å²) in [7, 11) is 0. The number of anilines is 1. The summed E-state index contributed by atoms with van der Waals surface area (Å²) in [5.74, 6) is 0.350. The van der Waals surface area contributed by atoms with E-state index in [0.29, 0.717) is 10.7 Å². The van der Waals surface area contributed by atoms with E-state index in [0.717, 1.165) is 5.56 Å². The van der Waals surface area contributed by atoms with Gasteiger partial charge in [0.1, 0.15) is 6.61 Å². The molecule has 1 aromatic carbocycles. The van der Waals surface area contributed by atoms with Crippen LogP contribution in [-0.2, 0) is 11.3 Å². The summed E-state index contributed by atoms with van der Waals surface area (Å²) < 4.78 is 7.29. The van der Waals surface area contributed by atoms with Crippen molar-refractivity contribution in [2.45, 2.75) is 26.5 Å². The van der Waals surface area contributed by atoms with E-state index < -0.39 is 6.09 Å². The number of nitrogens with zero attached hydrogens (tertiary/aromatic N) is 2. The van der Waals surface area contributed by atoms with E-state index in [-0.39, 0.29) is 12.6 Å². The number of carbonyl (C=O) groups excluding carboxylic acids is 1. The lowest BCUT2D eigenvalue weighted by Crippen LogP contribution is -2.18. The molecule has 0 saturated heterocycles. The van der Waals surface area contributed by atoms with E-state index in [4.69, 9.17) is 17.0 Å². The number of rotatable bonds is 4. The number of hydrogen-bond acceptors (Lipinski definition) is 4. The highest BCUT2D eigenvalue weighted by Crippen LogP contribution is 2.13. The monoisotopic (exact) mass is 292 g/mol. The Hall–Kier alpha value is -2.15. The molecule has 2 rings (SSSR count). The Kier molecular flexibility index (Phi) is 4.52. The molecule has 0 aliphatic rings. The maximum Gasteiger partial charge on any atom is 0.414 e. The molecule has 0 bridgehead atoms. The maximum atomic E-state index is 11.7. The van der Waals surface area contributed by atoms with Gasteiger partial charge >= 0.3 is 6.09 Å². The normalized spacial score (nSPS) is 10.6. The molecule has 7 heteroatoms. The minimum atomic E-state index is -0.565. The second kappa shape index (κ2) is 6.33. The molecule has 106 valence electrons. The molecule has 0 aliphatic carbocycles. The Morgan fingerprint density at radius 3 is 2.80 bits per heavy atom. The Balaban J connectivity index is 1.97. The van der Waals surface area contributed by atoms with Gasteiger partial charge in [0.25, 0.3) is 0 Å². The zero-order valence-corrected chi connectivity index (χ0v) is 12.1. The van der Waals surface area contributed by atoms with Gasteiger partial charge in [0.15, 0.2) is 4.77 Å². The topological polar surface area (TPSA) is 71.9 Å². The fourth-order valence-electron chi connectivity index (χ4n) is 1.72. The van der Waals surface area contributed by atoms with Crippen LogP contribution in [0.4, 0.5) is 10.7 Å². The molecule has 20 heavy (non-hydrogen) atoms. The number of H-pyrrole nitrogens is 1. The molecule has 0 unspecified atom stereocenters. The zero-order chi connectivity index (χ0) is 14.5. The average molecular weight is 292 g/mol. The number of carbonyl (C=O) groups is 1. The first-order valence-electron chi connectivity index (χ1n) is 6.22. The van der Waals surface area contributed by atoms with Gasteiger partial charge in [-0.1, -0.05) is 30.3 Å². The Morgan fingerprint density at radius 2 is 2.15 bits per heavy atom. The highest BCUT2D eigenvalue weighted by Gasteiger charge is 2.12. The van der Waals surface area contributed by atoms with Crippen molar-refractivity contribution in [3.63, 3.8) is 0 Å². The molecule has 2 aromatic rings. The lowest BCUT2D eigenvalue weighted by molar-refractivity contribution is 0.154. The fraction of sp³-hybridized carbons (Fsp3) is 0.308. The van der Waals surface area contributed by atoms with Gasteiger partial charge in [-0.25, -0.2) is 9.89 Å². The SMILES string of the molecule is CC(C)n1c(NC(=O)OCc2ccccc2)n[nH]c1=S. The van der Waals surface area contributed by atoms with Crippen LogP contribution in [0.5, 0.6) is 0 Å². The van der Waals surface area contributed by atoms with E-state index in [1.165, 1.54) is 0 Å². The Labute approximate surface area is 121 Å².